The van der Waals surface area contributed by atoms with Crippen LogP contribution >= 0.6 is 11.6 Å². The highest BCUT2D eigenvalue weighted by atomic mass is 35.5. The summed E-state index contributed by atoms with van der Waals surface area (Å²) in [5, 5.41) is 1.45. The summed E-state index contributed by atoms with van der Waals surface area (Å²) in [6.45, 7) is 2.80. The molecule has 0 atom stereocenters. The molecule has 0 radical (unpaired) electrons. The van der Waals surface area contributed by atoms with Gasteiger partial charge in [-0.05, 0) is 61.9 Å². The number of hydrogen-bond donors (Lipinski definition) is 0. The molecule has 0 N–H and O–H groups in total. The molecule has 0 saturated heterocycles. The monoisotopic (exact) mass is 386 g/mol. The summed E-state index contributed by atoms with van der Waals surface area (Å²) in [5.41, 5.74) is 2.06. The Morgan fingerprint density at radius 1 is 1.19 bits per heavy atom. The summed E-state index contributed by atoms with van der Waals surface area (Å²) in [6, 6.07) is 13.1. The maximum Gasteiger partial charge on any atom is 0.255 e. The van der Waals surface area contributed by atoms with Crippen molar-refractivity contribution in [3.05, 3.63) is 70.6 Å². The van der Waals surface area contributed by atoms with Crippen LogP contribution in [-0.4, -0.2) is 36.0 Å². The highest BCUT2D eigenvalue weighted by molar-refractivity contribution is 6.31. The van der Waals surface area contributed by atoms with Crippen molar-refractivity contribution >= 4 is 28.4 Å². The summed E-state index contributed by atoms with van der Waals surface area (Å²) in [7, 11) is 1.75. The fraction of sp³-hybridized carbons (Fsp3) is 0.238. The minimum absolute atomic E-state index is 0.0938. The smallest absolute Gasteiger partial charge is 0.255 e. The lowest BCUT2D eigenvalue weighted by Gasteiger charge is -2.18. The molecule has 0 fully saturated rings. The molecular weight excluding hydrogens is 367 g/mol. The Bertz CT molecular complexity index is 960. The number of pyridine rings is 1. The molecule has 1 heterocycles. The van der Waals surface area contributed by atoms with Crippen LogP contribution in [0.2, 0.25) is 5.02 Å². The maximum absolute atomic E-state index is 12.9. The summed E-state index contributed by atoms with van der Waals surface area (Å²) >= 11 is 6.04. The first-order chi connectivity index (χ1) is 12.9. The van der Waals surface area contributed by atoms with Gasteiger partial charge in [-0.3, -0.25) is 9.78 Å². The fourth-order valence-electron chi connectivity index (χ4n) is 2.79. The van der Waals surface area contributed by atoms with E-state index in [9.17, 15) is 9.18 Å². The molecule has 1 amide bonds. The number of nitrogens with zero attached hydrogens (tertiary/aromatic N) is 2. The molecule has 4 nitrogen and oxygen atoms in total. The van der Waals surface area contributed by atoms with E-state index in [1.807, 2.05) is 19.1 Å². The lowest BCUT2D eigenvalue weighted by Crippen LogP contribution is -2.29. The zero-order valence-corrected chi connectivity index (χ0v) is 16.0. The fourth-order valence-corrected chi connectivity index (χ4v) is 2.97. The second-order valence-electron chi connectivity index (χ2n) is 6.34. The SMILES string of the molecule is Cc1nc2ccc(Cl)cc2cc1C(=O)N(C)CCCOc1ccc(F)cc1. The minimum atomic E-state index is -0.298. The molecule has 0 unspecified atom stereocenters. The van der Waals surface area contributed by atoms with E-state index in [2.05, 4.69) is 4.98 Å². The van der Waals surface area contributed by atoms with Crippen molar-refractivity contribution in [2.24, 2.45) is 0 Å². The van der Waals surface area contributed by atoms with Gasteiger partial charge in [0.15, 0.2) is 0 Å². The van der Waals surface area contributed by atoms with E-state index in [-0.39, 0.29) is 11.7 Å². The average molecular weight is 387 g/mol. The number of rotatable bonds is 6. The van der Waals surface area contributed by atoms with E-state index in [0.717, 1.165) is 10.9 Å². The Kier molecular flexibility index (Phi) is 5.91. The topological polar surface area (TPSA) is 42.4 Å². The molecule has 0 saturated carbocycles. The molecule has 0 bridgehead atoms. The van der Waals surface area contributed by atoms with Crippen LogP contribution in [0.25, 0.3) is 10.9 Å². The van der Waals surface area contributed by atoms with Crippen LogP contribution in [0.5, 0.6) is 5.75 Å². The summed E-state index contributed by atoms with van der Waals surface area (Å²) in [6.07, 6.45) is 0.658. The predicted molar refractivity (Wildman–Crippen MR) is 105 cm³/mol. The third kappa shape index (κ3) is 4.74. The molecule has 3 rings (SSSR count). The Hall–Kier alpha value is -2.66. The van der Waals surface area contributed by atoms with Crippen molar-refractivity contribution in [3.63, 3.8) is 0 Å². The van der Waals surface area contributed by atoms with Crippen LogP contribution in [0.1, 0.15) is 22.5 Å². The first kappa shape index (κ1) is 19.1. The molecule has 0 spiro atoms. The second kappa shape index (κ2) is 8.35. The minimum Gasteiger partial charge on any atom is -0.494 e. The standard InChI is InChI=1S/C21H20ClFN2O2/c1-14-19(13-15-12-16(22)4-9-20(15)24-14)21(26)25(2)10-3-11-27-18-7-5-17(23)6-8-18/h4-9,12-13H,3,10-11H2,1-2H3. The Morgan fingerprint density at radius 3 is 2.67 bits per heavy atom. The molecule has 3 aromatic rings. The normalized spacial score (nSPS) is 10.8. The van der Waals surface area contributed by atoms with Crippen molar-refractivity contribution in [2.45, 2.75) is 13.3 Å². The van der Waals surface area contributed by atoms with Gasteiger partial charge in [-0.25, -0.2) is 4.39 Å². The number of halogens is 2. The lowest BCUT2D eigenvalue weighted by molar-refractivity contribution is 0.0787. The number of carbonyl (C=O) groups excluding carboxylic acids is 1. The second-order valence-corrected chi connectivity index (χ2v) is 6.78. The number of ether oxygens (including phenoxy) is 1. The average Bonchev–Trinajstić information content (AvgIpc) is 2.65. The third-order valence-electron chi connectivity index (χ3n) is 4.26. The number of aromatic nitrogens is 1. The first-order valence-electron chi connectivity index (χ1n) is 8.65. The first-order valence-corrected chi connectivity index (χ1v) is 9.02. The molecule has 27 heavy (non-hydrogen) atoms. The van der Waals surface area contributed by atoms with Crippen molar-refractivity contribution in [2.75, 3.05) is 20.2 Å². The van der Waals surface area contributed by atoms with Gasteiger partial charge >= 0.3 is 0 Å². The number of amides is 1. The van der Waals surface area contributed by atoms with E-state index < -0.39 is 0 Å². The largest absolute Gasteiger partial charge is 0.494 e. The van der Waals surface area contributed by atoms with Gasteiger partial charge in [0.1, 0.15) is 11.6 Å². The van der Waals surface area contributed by atoms with Gasteiger partial charge in [-0.1, -0.05) is 11.6 Å². The number of benzene rings is 2. The van der Waals surface area contributed by atoms with Crippen LogP contribution in [0, 0.1) is 12.7 Å². The highest BCUT2D eigenvalue weighted by Crippen LogP contribution is 2.21. The van der Waals surface area contributed by atoms with E-state index in [4.69, 9.17) is 16.3 Å². The Balaban J connectivity index is 1.60. The van der Waals surface area contributed by atoms with E-state index in [1.165, 1.54) is 12.1 Å². The maximum atomic E-state index is 12.9. The molecule has 0 aliphatic carbocycles. The van der Waals surface area contributed by atoms with Crippen molar-refractivity contribution in [3.8, 4) is 5.75 Å². The van der Waals surface area contributed by atoms with Crippen molar-refractivity contribution < 1.29 is 13.9 Å². The van der Waals surface area contributed by atoms with Gasteiger partial charge in [0.05, 0.1) is 23.4 Å². The number of hydrogen-bond acceptors (Lipinski definition) is 3. The van der Waals surface area contributed by atoms with E-state index in [1.54, 1.807) is 36.2 Å². The van der Waals surface area contributed by atoms with Gasteiger partial charge in [-0.2, -0.15) is 0 Å². The summed E-state index contributed by atoms with van der Waals surface area (Å²) in [4.78, 5) is 18.9. The number of fused-ring (bicyclic) bond motifs is 1. The molecule has 1 aromatic heterocycles. The molecule has 140 valence electrons. The molecule has 0 aliphatic heterocycles. The molecular formula is C21H20ClFN2O2. The van der Waals surface area contributed by atoms with E-state index >= 15 is 0 Å². The van der Waals surface area contributed by atoms with Crippen LogP contribution in [-0.2, 0) is 0 Å². The predicted octanol–water partition coefficient (Wildman–Crippen LogP) is 4.88. The van der Waals surface area contributed by atoms with Gasteiger partial charge in [-0.15, -0.1) is 0 Å². The van der Waals surface area contributed by atoms with Crippen molar-refractivity contribution in [1.29, 1.82) is 0 Å². The summed E-state index contributed by atoms with van der Waals surface area (Å²) < 4.78 is 18.4. The zero-order valence-electron chi connectivity index (χ0n) is 15.2. The van der Waals surface area contributed by atoms with Crippen LogP contribution in [0.4, 0.5) is 4.39 Å². The van der Waals surface area contributed by atoms with Crippen molar-refractivity contribution in [1.82, 2.24) is 9.88 Å². The Labute approximate surface area is 162 Å². The van der Waals surface area contributed by atoms with Gasteiger partial charge in [0.25, 0.3) is 5.91 Å². The van der Waals surface area contributed by atoms with E-state index in [0.29, 0.717) is 41.6 Å². The van der Waals surface area contributed by atoms with Gasteiger partial charge in [0, 0.05) is 24.0 Å². The van der Waals surface area contributed by atoms with Gasteiger partial charge < -0.3 is 9.64 Å². The summed E-state index contributed by atoms with van der Waals surface area (Å²) in [5.74, 6) is 0.217. The van der Waals surface area contributed by atoms with Gasteiger partial charge in [0.2, 0.25) is 0 Å². The third-order valence-corrected chi connectivity index (χ3v) is 4.50. The number of aryl methyl sites for hydroxylation is 1. The number of carbonyl (C=O) groups is 1. The highest BCUT2D eigenvalue weighted by Gasteiger charge is 2.16. The van der Waals surface area contributed by atoms with Crippen LogP contribution in [0.3, 0.4) is 0 Å². The molecule has 6 heteroatoms. The zero-order chi connectivity index (χ0) is 19.4. The quantitative estimate of drug-likeness (QED) is 0.567. The molecule has 2 aromatic carbocycles. The lowest BCUT2D eigenvalue weighted by atomic mass is 10.1. The Morgan fingerprint density at radius 2 is 1.93 bits per heavy atom. The van der Waals surface area contributed by atoms with Crippen LogP contribution < -0.4 is 4.74 Å². The molecule has 0 aliphatic rings. The van der Waals surface area contributed by atoms with Crippen LogP contribution in [0.15, 0.2) is 48.5 Å².